The van der Waals surface area contributed by atoms with Gasteiger partial charge in [-0.15, -0.1) is 11.6 Å². The molecule has 2 N–H and O–H groups in total. The average molecular weight is 313 g/mol. The number of hydrogen-bond donors (Lipinski definition) is 2. The van der Waals surface area contributed by atoms with Crippen molar-refractivity contribution in [2.75, 3.05) is 19.7 Å². The number of nitrogens with one attached hydrogen (secondary N) is 2. The maximum atomic E-state index is 11.6. The van der Waals surface area contributed by atoms with Crippen molar-refractivity contribution in [2.24, 2.45) is 0 Å². The zero-order valence-corrected chi connectivity index (χ0v) is 13.3. The first-order valence-electron chi connectivity index (χ1n) is 6.79. The van der Waals surface area contributed by atoms with Crippen molar-refractivity contribution in [3.05, 3.63) is 29.3 Å². The summed E-state index contributed by atoms with van der Waals surface area (Å²) in [5.41, 5.74) is 2.14. The fourth-order valence-electron chi connectivity index (χ4n) is 1.60. The summed E-state index contributed by atoms with van der Waals surface area (Å²) in [5, 5.41) is 4.69. The van der Waals surface area contributed by atoms with Crippen molar-refractivity contribution in [2.45, 2.75) is 26.1 Å². The molecule has 21 heavy (non-hydrogen) atoms. The Balaban J connectivity index is 2.26. The molecule has 1 unspecified atom stereocenters. The molecule has 0 bridgehead atoms. The minimum atomic E-state index is -0.576. The molecule has 1 aromatic carbocycles. The van der Waals surface area contributed by atoms with Gasteiger partial charge in [0.25, 0.3) is 5.91 Å². The summed E-state index contributed by atoms with van der Waals surface area (Å²) >= 11 is 5.60. The van der Waals surface area contributed by atoms with Crippen LogP contribution in [0.3, 0.4) is 0 Å². The Bertz CT molecular complexity index is 504. The fraction of sp³-hybridized carbons (Fsp3) is 0.467. The van der Waals surface area contributed by atoms with Crippen LogP contribution in [0.25, 0.3) is 0 Å². The Labute approximate surface area is 130 Å². The summed E-state index contributed by atoms with van der Waals surface area (Å²) in [7, 11) is 0. The van der Waals surface area contributed by atoms with Gasteiger partial charge >= 0.3 is 0 Å². The number of rotatable bonds is 7. The van der Waals surface area contributed by atoms with E-state index in [0.29, 0.717) is 18.8 Å². The highest BCUT2D eigenvalue weighted by Gasteiger charge is 2.08. The lowest BCUT2D eigenvalue weighted by atomic mass is 10.1. The molecule has 0 radical (unpaired) electrons. The number of aryl methyl sites for hydroxylation is 1. The third kappa shape index (κ3) is 6.04. The third-order valence-corrected chi connectivity index (χ3v) is 3.22. The van der Waals surface area contributed by atoms with Crippen LogP contribution in [0.2, 0.25) is 0 Å². The van der Waals surface area contributed by atoms with Gasteiger partial charge in [0.15, 0.2) is 6.61 Å². The molecule has 5 nitrogen and oxygen atoms in total. The second-order valence-corrected chi connectivity index (χ2v) is 5.40. The minimum absolute atomic E-state index is 0.0514. The summed E-state index contributed by atoms with van der Waals surface area (Å²) in [4.78, 5) is 22.8. The first-order chi connectivity index (χ1) is 9.91. The molecule has 0 aromatic heterocycles. The van der Waals surface area contributed by atoms with Gasteiger partial charge in [-0.05, 0) is 38.0 Å². The van der Waals surface area contributed by atoms with Crippen LogP contribution >= 0.6 is 11.6 Å². The van der Waals surface area contributed by atoms with Crippen LogP contribution in [0, 0.1) is 13.8 Å². The van der Waals surface area contributed by atoms with E-state index in [1.807, 2.05) is 32.0 Å². The maximum absolute atomic E-state index is 11.6. The first-order valence-corrected chi connectivity index (χ1v) is 7.23. The van der Waals surface area contributed by atoms with Gasteiger partial charge in [-0.1, -0.05) is 12.1 Å². The highest BCUT2D eigenvalue weighted by molar-refractivity contribution is 6.30. The van der Waals surface area contributed by atoms with Crippen LogP contribution in [0.15, 0.2) is 18.2 Å². The smallest absolute Gasteiger partial charge is 0.258 e. The molecule has 1 rings (SSSR count). The van der Waals surface area contributed by atoms with E-state index >= 15 is 0 Å². The van der Waals surface area contributed by atoms with Crippen molar-refractivity contribution in [1.29, 1.82) is 0 Å². The lowest BCUT2D eigenvalue weighted by molar-refractivity contribution is -0.124. The van der Waals surface area contributed by atoms with E-state index in [0.717, 1.165) is 11.1 Å². The number of carbonyl (C=O) groups excluding carboxylic acids is 2. The van der Waals surface area contributed by atoms with Crippen LogP contribution in [-0.4, -0.2) is 36.9 Å². The van der Waals surface area contributed by atoms with Gasteiger partial charge in [-0.2, -0.15) is 0 Å². The predicted octanol–water partition coefficient (Wildman–Crippen LogP) is 1.54. The molecule has 1 atom stereocenters. The molecule has 0 aliphatic heterocycles. The third-order valence-electron chi connectivity index (χ3n) is 3.02. The number of alkyl halides is 1. The second kappa shape index (κ2) is 8.52. The Kier molecular flexibility index (Phi) is 7.02. The van der Waals surface area contributed by atoms with Gasteiger partial charge < -0.3 is 15.4 Å². The summed E-state index contributed by atoms with van der Waals surface area (Å²) in [6.45, 7) is 6.15. The highest BCUT2D eigenvalue weighted by Crippen LogP contribution is 2.20. The second-order valence-electron chi connectivity index (χ2n) is 4.74. The zero-order valence-electron chi connectivity index (χ0n) is 12.5. The Morgan fingerprint density at radius 1 is 1.24 bits per heavy atom. The lowest BCUT2D eigenvalue weighted by Crippen LogP contribution is -2.38. The zero-order chi connectivity index (χ0) is 15.8. The van der Waals surface area contributed by atoms with Crippen LogP contribution in [0.1, 0.15) is 18.1 Å². The van der Waals surface area contributed by atoms with E-state index in [4.69, 9.17) is 16.3 Å². The maximum Gasteiger partial charge on any atom is 0.258 e. The van der Waals surface area contributed by atoms with E-state index < -0.39 is 5.38 Å². The number of benzene rings is 1. The molecule has 116 valence electrons. The molecule has 0 heterocycles. The predicted molar refractivity (Wildman–Crippen MR) is 82.7 cm³/mol. The molecule has 0 saturated carbocycles. The van der Waals surface area contributed by atoms with Gasteiger partial charge in [-0.3, -0.25) is 9.59 Å². The Morgan fingerprint density at radius 2 is 1.90 bits per heavy atom. The van der Waals surface area contributed by atoms with Crippen molar-refractivity contribution in [3.63, 3.8) is 0 Å². The van der Waals surface area contributed by atoms with Gasteiger partial charge in [0.2, 0.25) is 5.91 Å². The van der Waals surface area contributed by atoms with Gasteiger partial charge in [-0.25, -0.2) is 0 Å². The number of carbonyl (C=O) groups is 2. The van der Waals surface area contributed by atoms with E-state index in [9.17, 15) is 9.59 Å². The van der Waals surface area contributed by atoms with E-state index in [1.54, 1.807) is 6.92 Å². The summed E-state index contributed by atoms with van der Waals surface area (Å²) in [5.74, 6) is 0.219. The summed E-state index contributed by atoms with van der Waals surface area (Å²) < 4.78 is 5.48. The number of amides is 2. The molecule has 1 aromatic rings. The first kappa shape index (κ1) is 17.3. The summed E-state index contributed by atoms with van der Waals surface area (Å²) in [6.07, 6.45) is 0. The molecule has 6 heteroatoms. The monoisotopic (exact) mass is 312 g/mol. The van der Waals surface area contributed by atoms with Crippen LogP contribution in [0.4, 0.5) is 0 Å². The number of halogens is 1. The van der Waals surface area contributed by atoms with Crippen molar-refractivity contribution >= 4 is 23.4 Å². The Hall–Kier alpha value is -1.75. The quantitative estimate of drug-likeness (QED) is 0.593. The van der Waals surface area contributed by atoms with Crippen molar-refractivity contribution in [3.8, 4) is 5.75 Å². The van der Waals surface area contributed by atoms with Gasteiger partial charge in [0.1, 0.15) is 11.1 Å². The molecular formula is C15H21ClN2O3. The highest BCUT2D eigenvalue weighted by atomic mass is 35.5. The van der Waals surface area contributed by atoms with Crippen LogP contribution in [0.5, 0.6) is 5.75 Å². The van der Waals surface area contributed by atoms with E-state index in [-0.39, 0.29) is 18.4 Å². The molecule has 0 saturated heterocycles. The van der Waals surface area contributed by atoms with E-state index in [1.165, 1.54) is 0 Å². The normalized spacial score (nSPS) is 11.6. The largest absolute Gasteiger partial charge is 0.483 e. The molecule has 0 aliphatic carbocycles. The van der Waals surface area contributed by atoms with E-state index in [2.05, 4.69) is 10.6 Å². The topological polar surface area (TPSA) is 67.4 Å². The summed E-state index contributed by atoms with van der Waals surface area (Å²) in [6, 6.07) is 5.71. The fourth-order valence-corrected chi connectivity index (χ4v) is 1.68. The molecular weight excluding hydrogens is 292 g/mol. The van der Waals surface area contributed by atoms with Crippen molar-refractivity contribution in [1.82, 2.24) is 10.6 Å². The van der Waals surface area contributed by atoms with Crippen LogP contribution < -0.4 is 15.4 Å². The van der Waals surface area contributed by atoms with Crippen molar-refractivity contribution < 1.29 is 14.3 Å². The minimum Gasteiger partial charge on any atom is -0.483 e. The lowest BCUT2D eigenvalue weighted by Gasteiger charge is -2.11. The standard InChI is InChI=1S/C15H21ClN2O3/c1-10-5-4-6-13(11(10)2)21-9-14(19)17-7-8-18-15(20)12(3)16/h4-6,12H,7-9H2,1-3H3,(H,17,19)(H,18,20). The number of ether oxygens (including phenoxy) is 1. The molecule has 2 amide bonds. The average Bonchev–Trinajstić information content (AvgIpc) is 2.44. The Morgan fingerprint density at radius 3 is 2.57 bits per heavy atom. The van der Waals surface area contributed by atoms with Crippen LogP contribution in [-0.2, 0) is 9.59 Å². The SMILES string of the molecule is Cc1cccc(OCC(=O)NCCNC(=O)C(C)Cl)c1C. The number of hydrogen-bond acceptors (Lipinski definition) is 3. The molecule has 0 fully saturated rings. The molecule has 0 aliphatic rings. The van der Waals surface area contributed by atoms with Gasteiger partial charge in [0, 0.05) is 13.1 Å². The molecule has 0 spiro atoms. The van der Waals surface area contributed by atoms with Gasteiger partial charge in [0.05, 0.1) is 0 Å².